The Morgan fingerprint density at radius 2 is 2.06 bits per heavy atom. The van der Waals surface area contributed by atoms with Crippen molar-refractivity contribution >= 4 is 5.78 Å². The Kier molecular flexibility index (Phi) is 5.35. The second-order valence-electron chi connectivity index (χ2n) is 4.82. The zero-order valence-corrected chi connectivity index (χ0v) is 11.7. The van der Waals surface area contributed by atoms with E-state index in [1.807, 2.05) is 25.1 Å². The van der Waals surface area contributed by atoms with Gasteiger partial charge in [0.05, 0.1) is 12.7 Å². The van der Waals surface area contributed by atoms with Crippen molar-refractivity contribution in [1.82, 2.24) is 0 Å². The fourth-order valence-electron chi connectivity index (χ4n) is 1.96. The number of methoxy groups -OCH3 is 1. The third-order valence-electron chi connectivity index (χ3n) is 3.30. The first-order chi connectivity index (χ1) is 8.54. The van der Waals surface area contributed by atoms with Crippen molar-refractivity contribution < 1.29 is 9.53 Å². The van der Waals surface area contributed by atoms with Crippen LogP contribution in [0.4, 0.5) is 0 Å². The first-order valence-electron chi connectivity index (χ1n) is 6.47. The Hall–Kier alpha value is -1.35. The number of benzene rings is 1. The minimum atomic E-state index is -0.124. The standard InChI is InChI=1S/C15H23NO2/c1-5-11(9-16)15(17)13-8-12(10(2)3)6-7-14(13)18-4/h6-8,10-11H,5,9,16H2,1-4H3. The maximum Gasteiger partial charge on any atom is 0.170 e. The zero-order chi connectivity index (χ0) is 13.7. The first kappa shape index (κ1) is 14.7. The highest BCUT2D eigenvalue weighted by Gasteiger charge is 2.21. The van der Waals surface area contributed by atoms with E-state index in [1.54, 1.807) is 7.11 Å². The van der Waals surface area contributed by atoms with Gasteiger partial charge in [0.25, 0.3) is 0 Å². The smallest absolute Gasteiger partial charge is 0.170 e. The monoisotopic (exact) mass is 249 g/mol. The fraction of sp³-hybridized carbons (Fsp3) is 0.533. The predicted molar refractivity (Wildman–Crippen MR) is 74.2 cm³/mol. The van der Waals surface area contributed by atoms with Gasteiger partial charge >= 0.3 is 0 Å². The molecule has 0 amide bonds. The molecule has 0 heterocycles. The summed E-state index contributed by atoms with van der Waals surface area (Å²) in [6.07, 6.45) is 0.754. The summed E-state index contributed by atoms with van der Waals surface area (Å²) in [7, 11) is 1.59. The van der Waals surface area contributed by atoms with E-state index in [0.717, 1.165) is 12.0 Å². The highest BCUT2D eigenvalue weighted by atomic mass is 16.5. The van der Waals surface area contributed by atoms with Crippen LogP contribution in [-0.2, 0) is 0 Å². The quantitative estimate of drug-likeness (QED) is 0.788. The Morgan fingerprint density at radius 3 is 2.50 bits per heavy atom. The molecule has 0 fully saturated rings. The van der Waals surface area contributed by atoms with Gasteiger partial charge in [0.1, 0.15) is 5.75 Å². The molecule has 0 aliphatic carbocycles. The zero-order valence-electron chi connectivity index (χ0n) is 11.7. The van der Waals surface area contributed by atoms with Gasteiger partial charge in [0.2, 0.25) is 0 Å². The van der Waals surface area contributed by atoms with Crippen LogP contribution >= 0.6 is 0 Å². The minimum Gasteiger partial charge on any atom is -0.496 e. The van der Waals surface area contributed by atoms with Crippen molar-refractivity contribution in [1.29, 1.82) is 0 Å². The molecule has 1 aromatic carbocycles. The van der Waals surface area contributed by atoms with E-state index in [9.17, 15) is 4.79 Å². The van der Waals surface area contributed by atoms with Crippen LogP contribution in [0.1, 0.15) is 49.0 Å². The summed E-state index contributed by atoms with van der Waals surface area (Å²) in [6, 6.07) is 5.81. The molecule has 18 heavy (non-hydrogen) atoms. The lowest BCUT2D eigenvalue weighted by atomic mass is 9.91. The van der Waals surface area contributed by atoms with Gasteiger partial charge in [-0.2, -0.15) is 0 Å². The van der Waals surface area contributed by atoms with Crippen LogP contribution in [0.5, 0.6) is 5.75 Å². The predicted octanol–water partition coefficient (Wildman–Crippen LogP) is 2.99. The van der Waals surface area contributed by atoms with E-state index in [1.165, 1.54) is 0 Å². The molecule has 3 heteroatoms. The number of hydrogen-bond donors (Lipinski definition) is 1. The maximum atomic E-state index is 12.4. The molecular weight excluding hydrogens is 226 g/mol. The van der Waals surface area contributed by atoms with Gasteiger partial charge in [-0.15, -0.1) is 0 Å². The summed E-state index contributed by atoms with van der Waals surface area (Å²) in [5, 5.41) is 0. The lowest BCUT2D eigenvalue weighted by Crippen LogP contribution is -2.23. The largest absolute Gasteiger partial charge is 0.496 e. The van der Waals surface area contributed by atoms with Crippen LogP contribution in [0.25, 0.3) is 0 Å². The lowest BCUT2D eigenvalue weighted by Gasteiger charge is -2.16. The highest BCUT2D eigenvalue weighted by Crippen LogP contribution is 2.26. The van der Waals surface area contributed by atoms with Crippen LogP contribution in [0, 0.1) is 5.92 Å². The molecule has 0 aliphatic heterocycles. The van der Waals surface area contributed by atoms with Crippen molar-refractivity contribution in [3.63, 3.8) is 0 Å². The van der Waals surface area contributed by atoms with Crippen molar-refractivity contribution in [3.05, 3.63) is 29.3 Å². The molecule has 1 aromatic rings. The van der Waals surface area contributed by atoms with E-state index < -0.39 is 0 Å². The second kappa shape index (κ2) is 6.55. The van der Waals surface area contributed by atoms with Crippen LogP contribution in [0.3, 0.4) is 0 Å². The molecule has 0 spiro atoms. The number of carbonyl (C=O) groups is 1. The molecule has 0 saturated heterocycles. The molecule has 0 aliphatic rings. The first-order valence-corrected chi connectivity index (χ1v) is 6.47. The van der Waals surface area contributed by atoms with Crippen LogP contribution < -0.4 is 10.5 Å². The summed E-state index contributed by atoms with van der Waals surface area (Å²) < 4.78 is 5.28. The van der Waals surface area contributed by atoms with Crippen LogP contribution in [0.2, 0.25) is 0 Å². The number of hydrogen-bond acceptors (Lipinski definition) is 3. The Balaban J connectivity index is 3.19. The van der Waals surface area contributed by atoms with E-state index in [2.05, 4.69) is 13.8 Å². The van der Waals surface area contributed by atoms with Gasteiger partial charge in [-0.3, -0.25) is 4.79 Å². The van der Waals surface area contributed by atoms with E-state index in [0.29, 0.717) is 23.8 Å². The molecule has 1 unspecified atom stereocenters. The minimum absolute atomic E-state index is 0.0827. The van der Waals surface area contributed by atoms with Gasteiger partial charge < -0.3 is 10.5 Å². The molecule has 0 aromatic heterocycles. The number of rotatable bonds is 6. The molecule has 3 nitrogen and oxygen atoms in total. The van der Waals surface area contributed by atoms with Crippen molar-refractivity contribution in [2.45, 2.75) is 33.1 Å². The normalized spacial score (nSPS) is 12.6. The average Bonchev–Trinajstić information content (AvgIpc) is 2.39. The molecule has 0 radical (unpaired) electrons. The lowest BCUT2D eigenvalue weighted by molar-refractivity contribution is 0.0918. The van der Waals surface area contributed by atoms with Gasteiger partial charge in [-0.05, 0) is 30.0 Å². The SMILES string of the molecule is CCC(CN)C(=O)c1cc(C(C)C)ccc1OC. The van der Waals surface area contributed by atoms with Gasteiger partial charge in [0.15, 0.2) is 5.78 Å². The summed E-state index contributed by atoms with van der Waals surface area (Å²) in [5.41, 5.74) is 7.45. The summed E-state index contributed by atoms with van der Waals surface area (Å²) >= 11 is 0. The molecule has 1 atom stereocenters. The average molecular weight is 249 g/mol. The third-order valence-corrected chi connectivity index (χ3v) is 3.30. The van der Waals surface area contributed by atoms with Crippen molar-refractivity contribution in [3.8, 4) is 5.75 Å². The number of nitrogens with two attached hydrogens (primary N) is 1. The molecule has 100 valence electrons. The van der Waals surface area contributed by atoms with Crippen molar-refractivity contribution in [2.24, 2.45) is 11.7 Å². The molecular formula is C15H23NO2. The molecule has 0 saturated carbocycles. The topological polar surface area (TPSA) is 52.3 Å². The molecule has 2 N–H and O–H groups in total. The Morgan fingerprint density at radius 1 is 1.39 bits per heavy atom. The maximum absolute atomic E-state index is 12.4. The van der Waals surface area contributed by atoms with E-state index in [-0.39, 0.29) is 11.7 Å². The third kappa shape index (κ3) is 3.10. The highest BCUT2D eigenvalue weighted by molar-refractivity contribution is 6.00. The summed E-state index contributed by atoms with van der Waals surface area (Å²) in [5.74, 6) is 0.984. The number of Topliss-reactive ketones (excluding diaryl/α,β-unsaturated/α-hetero) is 1. The summed E-state index contributed by atoms with van der Waals surface area (Å²) in [6.45, 7) is 6.57. The van der Waals surface area contributed by atoms with Crippen LogP contribution in [0.15, 0.2) is 18.2 Å². The van der Waals surface area contributed by atoms with Gasteiger partial charge in [0, 0.05) is 12.5 Å². The van der Waals surface area contributed by atoms with Crippen LogP contribution in [-0.4, -0.2) is 19.4 Å². The second-order valence-corrected chi connectivity index (χ2v) is 4.82. The van der Waals surface area contributed by atoms with Gasteiger partial charge in [-0.1, -0.05) is 26.8 Å². The Bertz CT molecular complexity index is 409. The number of ether oxygens (including phenoxy) is 1. The molecule has 0 bridgehead atoms. The van der Waals surface area contributed by atoms with E-state index >= 15 is 0 Å². The van der Waals surface area contributed by atoms with Crippen molar-refractivity contribution in [2.75, 3.05) is 13.7 Å². The summed E-state index contributed by atoms with van der Waals surface area (Å²) in [4.78, 5) is 12.4. The molecule has 1 rings (SSSR count). The van der Waals surface area contributed by atoms with E-state index in [4.69, 9.17) is 10.5 Å². The number of ketones is 1. The van der Waals surface area contributed by atoms with Gasteiger partial charge in [-0.25, -0.2) is 0 Å². The fourth-order valence-corrected chi connectivity index (χ4v) is 1.96. The number of carbonyl (C=O) groups excluding carboxylic acids is 1. The Labute approximate surface area is 109 Å².